The van der Waals surface area contributed by atoms with Gasteiger partial charge in [0.2, 0.25) is 5.91 Å². The minimum atomic E-state index is -0.0747. The SMILES string of the molecule is O=C1CSC(=NN=Cc2ccc(OC3CCC3)cc2O)N1. The molecular formula is C14H15N3O3S. The molecule has 2 N–H and O–H groups in total. The van der Waals surface area contributed by atoms with Crippen molar-refractivity contribution in [1.29, 1.82) is 0 Å². The van der Waals surface area contributed by atoms with Crippen LogP contribution in [-0.2, 0) is 4.79 Å². The molecule has 6 nitrogen and oxygen atoms in total. The second-order valence-electron chi connectivity index (χ2n) is 4.88. The van der Waals surface area contributed by atoms with Gasteiger partial charge in [-0.1, -0.05) is 11.8 Å². The lowest BCUT2D eigenvalue weighted by molar-refractivity contribution is -0.116. The Labute approximate surface area is 126 Å². The van der Waals surface area contributed by atoms with E-state index in [-0.39, 0.29) is 17.8 Å². The van der Waals surface area contributed by atoms with Crippen LogP contribution in [0.5, 0.6) is 11.5 Å². The van der Waals surface area contributed by atoms with Gasteiger partial charge in [-0.3, -0.25) is 4.79 Å². The number of nitrogens with zero attached hydrogens (tertiary/aromatic N) is 2. The van der Waals surface area contributed by atoms with E-state index in [1.807, 2.05) is 0 Å². The number of phenols is 1. The first-order valence-corrected chi connectivity index (χ1v) is 7.72. The Hall–Kier alpha value is -2.02. The van der Waals surface area contributed by atoms with Crippen molar-refractivity contribution >= 4 is 29.1 Å². The number of nitrogens with one attached hydrogen (secondary N) is 1. The molecule has 1 aliphatic heterocycles. The van der Waals surface area contributed by atoms with Crippen molar-refractivity contribution in [2.75, 3.05) is 5.75 Å². The zero-order valence-corrected chi connectivity index (χ0v) is 12.1. The van der Waals surface area contributed by atoms with Gasteiger partial charge in [-0.15, -0.1) is 5.10 Å². The van der Waals surface area contributed by atoms with E-state index in [0.717, 1.165) is 12.8 Å². The van der Waals surface area contributed by atoms with Crippen LogP contribution in [0.15, 0.2) is 28.4 Å². The molecule has 0 unspecified atom stereocenters. The summed E-state index contributed by atoms with van der Waals surface area (Å²) in [5.74, 6) is 1.06. The smallest absolute Gasteiger partial charge is 0.236 e. The van der Waals surface area contributed by atoms with Crippen LogP contribution >= 0.6 is 11.8 Å². The number of amidine groups is 1. The molecule has 21 heavy (non-hydrogen) atoms. The second kappa shape index (κ2) is 6.17. The molecule has 7 heteroatoms. The van der Waals surface area contributed by atoms with E-state index in [1.54, 1.807) is 18.2 Å². The largest absolute Gasteiger partial charge is 0.507 e. The zero-order valence-electron chi connectivity index (χ0n) is 11.3. The average molecular weight is 305 g/mol. The summed E-state index contributed by atoms with van der Waals surface area (Å²) in [5, 5.41) is 20.7. The van der Waals surface area contributed by atoms with Crippen molar-refractivity contribution in [2.45, 2.75) is 25.4 Å². The molecule has 1 aliphatic carbocycles. The lowest BCUT2D eigenvalue weighted by atomic mass is 9.96. The Morgan fingerprint density at radius 3 is 2.90 bits per heavy atom. The highest BCUT2D eigenvalue weighted by atomic mass is 32.2. The molecule has 1 saturated carbocycles. The van der Waals surface area contributed by atoms with Crippen LogP contribution in [-0.4, -0.2) is 34.3 Å². The molecule has 1 aromatic rings. The van der Waals surface area contributed by atoms with Crippen molar-refractivity contribution in [3.8, 4) is 11.5 Å². The highest BCUT2D eigenvalue weighted by Crippen LogP contribution is 2.28. The van der Waals surface area contributed by atoms with Crippen LogP contribution in [0.4, 0.5) is 0 Å². The predicted octanol–water partition coefficient (Wildman–Crippen LogP) is 1.88. The Kier molecular flexibility index (Phi) is 4.10. The fourth-order valence-corrected chi connectivity index (χ4v) is 2.54. The van der Waals surface area contributed by atoms with Crippen molar-refractivity contribution in [2.24, 2.45) is 10.2 Å². The molecule has 110 valence electrons. The maximum absolute atomic E-state index is 11.0. The van der Waals surface area contributed by atoms with Gasteiger partial charge in [0.05, 0.1) is 18.1 Å². The summed E-state index contributed by atoms with van der Waals surface area (Å²) in [7, 11) is 0. The monoisotopic (exact) mass is 305 g/mol. The summed E-state index contributed by atoms with van der Waals surface area (Å²) in [6, 6.07) is 5.12. The van der Waals surface area contributed by atoms with E-state index in [4.69, 9.17) is 4.74 Å². The van der Waals surface area contributed by atoms with Gasteiger partial charge in [0, 0.05) is 11.6 Å². The molecule has 1 amide bonds. The van der Waals surface area contributed by atoms with Crippen LogP contribution < -0.4 is 10.1 Å². The normalized spacial score (nSPS) is 20.8. The van der Waals surface area contributed by atoms with Crippen LogP contribution in [0.1, 0.15) is 24.8 Å². The van der Waals surface area contributed by atoms with Gasteiger partial charge in [-0.2, -0.15) is 5.10 Å². The van der Waals surface area contributed by atoms with Crippen LogP contribution in [0.25, 0.3) is 0 Å². The molecule has 1 saturated heterocycles. The minimum Gasteiger partial charge on any atom is -0.507 e. The fourth-order valence-electron chi connectivity index (χ4n) is 1.91. The van der Waals surface area contributed by atoms with Gasteiger partial charge in [0.15, 0.2) is 5.17 Å². The third-order valence-electron chi connectivity index (χ3n) is 3.29. The summed E-state index contributed by atoms with van der Waals surface area (Å²) in [5.41, 5.74) is 0.551. The Morgan fingerprint density at radius 2 is 2.29 bits per heavy atom. The third-order valence-corrected chi connectivity index (χ3v) is 4.15. The van der Waals surface area contributed by atoms with Crippen molar-refractivity contribution in [3.63, 3.8) is 0 Å². The second-order valence-corrected chi connectivity index (χ2v) is 5.84. The third kappa shape index (κ3) is 3.55. The Bertz CT molecular complexity index is 611. The van der Waals surface area contributed by atoms with E-state index >= 15 is 0 Å². The number of thioether (sulfide) groups is 1. The zero-order chi connectivity index (χ0) is 14.7. The van der Waals surface area contributed by atoms with E-state index < -0.39 is 0 Å². The van der Waals surface area contributed by atoms with Gasteiger partial charge < -0.3 is 15.2 Å². The molecule has 0 atom stereocenters. The van der Waals surface area contributed by atoms with Crippen molar-refractivity contribution in [3.05, 3.63) is 23.8 Å². The molecule has 0 spiro atoms. The number of rotatable bonds is 4. The number of hydrogen-bond donors (Lipinski definition) is 2. The number of carbonyl (C=O) groups excluding carboxylic acids is 1. The highest BCUT2D eigenvalue weighted by Gasteiger charge is 2.19. The first-order chi connectivity index (χ1) is 10.2. The molecule has 3 rings (SSSR count). The summed E-state index contributed by atoms with van der Waals surface area (Å²) < 4.78 is 5.70. The summed E-state index contributed by atoms with van der Waals surface area (Å²) in [6.07, 6.45) is 5.07. The van der Waals surface area contributed by atoms with E-state index in [0.29, 0.717) is 22.2 Å². The molecule has 0 aromatic heterocycles. The van der Waals surface area contributed by atoms with Gasteiger partial charge in [0.1, 0.15) is 11.5 Å². The Morgan fingerprint density at radius 1 is 1.43 bits per heavy atom. The number of amides is 1. The molecule has 0 bridgehead atoms. The first-order valence-electron chi connectivity index (χ1n) is 6.74. The van der Waals surface area contributed by atoms with Crippen LogP contribution in [0.2, 0.25) is 0 Å². The first kappa shape index (κ1) is 13.9. The highest BCUT2D eigenvalue weighted by molar-refractivity contribution is 8.15. The predicted molar refractivity (Wildman–Crippen MR) is 82.0 cm³/mol. The molecule has 1 aromatic carbocycles. The van der Waals surface area contributed by atoms with Gasteiger partial charge in [-0.25, -0.2) is 0 Å². The molecule has 2 aliphatic rings. The van der Waals surface area contributed by atoms with E-state index in [1.165, 1.54) is 24.4 Å². The lowest BCUT2D eigenvalue weighted by Gasteiger charge is -2.26. The summed E-state index contributed by atoms with van der Waals surface area (Å²) >= 11 is 1.30. The number of ether oxygens (including phenoxy) is 1. The van der Waals surface area contributed by atoms with Crippen LogP contribution in [0, 0.1) is 0 Å². The molecular weight excluding hydrogens is 290 g/mol. The number of hydrogen-bond acceptors (Lipinski definition) is 6. The number of benzene rings is 1. The topological polar surface area (TPSA) is 83.3 Å². The summed E-state index contributed by atoms with van der Waals surface area (Å²) in [6.45, 7) is 0. The maximum atomic E-state index is 11.0. The minimum absolute atomic E-state index is 0.0747. The van der Waals surface area contributed by atoms with E-state index in [2.05, 4.69) is 15.5 Å². The Balaban J connectivity index is 1.63. The summed E-state index contributed by atoms with van der Waals surface area (Å²) in [4.78, 5) is 11.0. The fraction of sp³-hybridized carbons (Fsp3) is 0.357. The molecule has 1 heterocycles. The molecule has 2 fully saturated rings. The van der Waals surface area contributed by atoms with Crippen molar-refractivity contribution in [1.82, 2.24) is 5.32 Å². The number of aromatic hydroxyl groups is 1. The standard InChI is InChI=1S/C14H15N3O3S/c18-12-6-11(20-10-2-1-3-10)5-4-9(12)7-15-17-14-16-13(19)8-21-14/h4-7,10,18H,1-3,8H2,(H,16,17,19). The van der Waals surface area contributed by atoms with Gasteiger partial charge >= 0.3 is 0 Å². The molecule has 0 radical (unpaired) electrons. The number of carbonyl (C=O) groups is 1. The average Bonchev–Trinajstić information content (AvgIpc) is 2.82. The van der Waals surface area contributed by atoms with Crippen molar-refractivity contribution < 1.29 is 14.6 Å². The van der Waals surface area contributed by atoms with E-state index in [9.17, 15) is 9.90 Å². The maximum Gasteiger partial charge on any atom is 0.236 e. The van der Waals surface area contributed by atoms with Gasteiger partial charge in [-0.05, 0) is 31.4 Å². The van der Waals surface area contributed by atoms with Crippen LogP contribution in [0.3, 0.4) is 0 Å². The van der Waals surface area contributed by atoms with Gasteiger partial charge in [0.25, 0.3) is 0 Å². The number of phenolic OH excluding ortho intramolecular Hbond substituents is 1. The lowest BCUT2D eigenvalue weighted by Crippen LogP contribution is -2.24. The quantitative estimate of drug-likeness (QED) is 0.657.